The molecule has 130 valence electrons. The van der Waals surface area contributed by atoms with Crippen molar-refractivity contribution >= 4 is 36.3 Å². The normalized spacial score (nSPS) is 11.0. The van der Waals surface area contributed by atoms with E-state index in [1.165, 1.54) is 6.07 Å². The second-order valence-electron chi connectivity index (χ2n) is 6.41. The van der Waals surface area contributed by atoms with Gasteiger partial charge in [0.05, 0.1) is 5.52 Å². The fourth-order valence-corrected chi connectivity index (χ4v) is 2.98. The average molecular weight is 347 g/mol. The van der Waals surface area contributed by atoms with Crippen molar-refractivity contribution in [3.8, 4) is 0 Å². The maximum absolute atomic E-state index is 12.7. The summed E-state index contributed by atoms with van der Waals surface area (Å²) >= 11 is 0. The van der Waals surface area contributed by atoms with Gasteiger partial charge in [0, 0.05) is 5.39 Å². The molecule has 1 aromatic heterocycles. The largest absolute Gasteiger partial charge is 0.477 e. The van der Waals surface area contributed by atoms with Gasteiger partial charge in [-0.25, -0.2) is 14.2 Å². The first-order valence-electron chi connectivity index (χ1n) is 8.27. The van der Waals surface area contributed by atoms with E-state index in [2.05, 4.69) is 0 Å². The van der Waals surface area contributed by atoms with Gasteiger partial charge in [0.1, 0.15) is 20.1 Å². The number of hydrogen-bond acceptors (Lipinski definition) is 3. The van der Waals surface area contributed by atoms with E-state index in [-0.39, 0.29) is 18.2 Å². The molecule has 0 aliphatic heterocycles. The molecule has 1 N–H and O–H groups in total. The standard InChI is InChI=1S/C20H18BNO4/c1-12(2)16-10-15(21)8-14-9-17(19(23)24)22(18(14)16)20(25)26-11-13-6-4-3-5-7-13/h3-10,12H,11H2,1-2H3,(H,23,24). The van der Waals surface area contributed by atoms with Crippen molar-refractivity contribution < 1.29 is 19.4 Å². The predicted molar refractivity (Wildman–Crippen MR) is 100 cm³/mol. The van der Waals surface area contributed by atoms with E-state index in [9.17, 15) is 14.7 Å². The smallest absolute Gasteiger partial charge is 0.419 e. The molecular weight excluding hydrogens is 329 g/mol. The minimum absolute atomic E-state index is 0.0539. The van der Waals surface area contributed by atoms with Crippen molar-refractivity contribution in [1.82, 2.24) is 4.57 Å². The Morgan fingerprint density at radius 2 is 1.85 bits per heavy atom. The van der Waals surface area contributed by atoms with Crippen LogP contribution in [0.5, 0.6) is 0 Å². The zero-order valence-electron chi connectivity index (χ0n) is 14.6. The van der Waals surface area contributed by atoms with Crippen molar-refractivity contribution in [2.45, 2.75) is 26.4 Å². The first-order chi connectivity index (χ1) is 12.4. The second kappa shape index (κ2) is 7.08. The van der Waals surface area contributed by atoms with E-state index in [4.69, 9.17) is 12.6 Å². The molecule has 0 unspecified atom stereocenters. The van der Waals surface area contributed by atoms with Gasteiger partial charge in [0.15, 0.2) is 0 Å². The number of carbonyl (C=O) groups excluding carboxylic acids is 1. The highest BCUT2D eigenvalue weighted by molar-refractivity contribution is 6.33. The summed E-state index contributed by atoms with van der Waals surface area (Å²) in [4.78, 5) is 24.4. The summed E-state index contributed by atoms with van der Waals surface area (Å²) in [5.74, 6) is -1.15. The zero-order valence-corrected chi connectivity index (χ0v) is 14.6. The number of carboxylic acid groups (broad SMARTS) is 1. The molecule has 3 aromatic rings. The summed E-state index contributed by atoms with van der Waals surface area (Å²) < 4.78 is 6.49. The topological polar surface area (TPSA) is 68.5 Å². The summed E-state index contributed by atoms with van der Waals surface area (Å²) in [5.41, 5.74) is 2.51. The molecule has 0 fully saturated rings. The van der Waals surface area contributed by atoms with Gasteiger partial charge in [-0.3, -0.25) is 0 Å². The number of rotatable bonds is 4. The summed E-state index contributed by atoms with van der Waals surface area (Å²) in [5, 5.41) is 10.1. The van der Waals surface area contributed by atoms with E-state index in [1.807, 2.05) is 44.2 Å². The highest BCUT2D eigenvalue weighted by atomic mass is 16.5. The molecule has 26 heavy (non-hydrogen) atoms. The number of aromatic nitrogens is 1. The van der Waals surface area contributed by atoms with Crippen LogP contribution in [0.3, 0.4) is 0 Å². The molecule has 5 nitrogen and oxygen atoms in total. The van der Waals surface area contributed by atoms with Crippen molar-refractivity contribution in [2.75, 3.05) is 0 Å². The molecular formula is C20H18BNO4. The Bertz CT molecular complexity index is 976. The minimum Gasteiger partial charge on any atom is -0.477 e. The van der Waals surface area contributed by atoms with Crippen LogP contribution in [0, 0.1) is 0 Å². The molecule has 0 atom stereocenters. The first-order valence-corrected chi connectivity index (χ1v) is 8.27. The lowest BCUT2D eigenvalue weighted by molar-refractivity contribution is 0.0681. The van der Waals surface area contributed by atoms with Gasteiger partial charge in [-0.2, -0.15) is 0 Å². The third kappa shape index (κ3) is 3.35. The molecule has 3 rings (SSSR count). The fourth-order valence-electron chi connectivity index (χ4n) is 2.98. The summed E-state index contributed by atoms with van der Waals surface area (Å²) in [6.07, 6.45) is -0.729. The van der Waals surface area contributed by atoms with Crippen molar-refractivity contribution in [1.29, 1.82) is 0 Å². The van der Waals surface area contributed by atoms with Crippen molar-refractivity contribution in [3.05, 3.63) is 65.4 Å². The number of carboxylic acids is 1. The molecule has 0 saturated heterocycles. The molecule has 2 radical (unpaired) electrons. The van der Waals surface area contributed by atoms with Gasteiger partial charge in [0.25, 0.3) is 0 Å². The number of fused-ring (bicyclic) bond motifs is 1. The SMILES string of the molecule is [B]c1cc(C(C)C)c2c(c1)cc(C(=O)O)n2C(=O)OCc1ccccc1. The first kappa shape index (κ1) is 17.8. The Hall–Kier alpha value is -3.02. The number of carbonyl (C=O) groups is 2. The lowest BCUT2D eigenvalue weighted by Crippen LogP contribution is -2.20. The van der Waals surface area contributed by atoms with Gasteiger partial charge >= 0.3 is 12.1 Å². The molecule has 0 aliphatic carbocycles. The van der Waals surface area contributed by atoms with Crippen LogP contribution >= 0.6 is 0 Å². The Morgan fingerprint density at radius 1 is 1.15 bits per heavy atom. The summed E-state index contributed by atoms with van der Waals surface area (Å²) in [6, 6.07) is 14.1. The van der Waals surface area contributed by atoms with Crippen LogP contribution in [0.25, 0.3) is 10.9 Å². The highest BCUT2D eigenvalue weighted by Gasteiger charge is 2.24. The highest BCUT2D eigenvalue weighted by Crippen LogP contribution is 2.28. The van der Waals surface area contributed by atoms with Gasteiger partial charge in [-0.05, 0) is 23.1 Å². The van der Waals surface area contributed by atoms with E-state index >= 15 is 0 Å². The Labute approximate surface area is 152 Å². The van der Waals surface area contributed by atoms with Gasteiger partial charge in [-0.15, -0.1) is 0 Å². The monoisotopic (exact) mass is 347 g/mol. The molecule has 6 heteroatoms. The number of aromatic carboxylic acids is 1. The number of hydrogen-bond donors (Lipinski definition) is 1. The van der Waals surface area contributed by atoms with Crippen molar-refractivity contribution in [3.63, 3.8) is 0 Å². The average Bonchev–Trinajstić information content (AvgIpc) is 2.99. The van der Waals surface area contributed by atoms with Crippen LogP contribution in [0.15, 0.2) is 48.5 Å². The Morgan fingerprint density at radius 3 is 2.46 bits per heavy atom. The quantitative estimate of drug-likeness (QED) is 0.734. The fraction of sp³-hybridized carbons (Fsp3) is 0.200. The number of benzene rings is 2. The molecule has 0 saturated carbocycles. The minimum atomic E-state index is -1.20. The van der Waals surface area contributed by atoms with E-state index in [0.29, 0.717) is 16.4 Å². The number of ether oxygens (including phenoxy) is 1. The third-order valence-corrected chi connectivity index (χ3v) is 4.18. The molecule has 0 aliphatic rings. The van der Waals surface area contributed by atoms with Gasteiger partial charge in [-0.1, -0.05) is 61.8 Å². The van der Waals surface area contributed by atoms with Crippen LogP contribution in [0.4, 0.5) is 4.79 Å². The van der Waals surface area contributed by atoms with Gasteiger partial charge < -0.3 is 9.84 Å². The maximum atomic E-state index is 12.7. The van der Waals surface area contributed by atoms with Gasteiger partial charge in [0.2, 0.25) is 0 Å². The Kier molecular flexibility index (Phi) is 4.84. The van der Waals surface area contributed by atoms with E-state index in [1.54, 1.807) is 12.1 Å². The maximum Gasteiger partial charge on any atom is 0.419 e. The number of nitrogens with zero attached hydrogens (tertiary/aromatic N) is 1. The van der Waals surface area contributed by atoms with Crippen LogP contribution in [0.1, 0.15) is 41.4 Å². The Balaban J connectivity index is 2.09. The lowest BCUT2D eigenvalue weighted by atomic mass is 9.89. The second-order valence-corrected chi connectivity index (χ2v) is 6.41. The zero-order chi connectivity index (χ0) is 18.8. The molecule has 0 amide bonds. The van der Waals surface area contributed by atoms with E-state index in [0.717, 1.165) is 15.7 Å². The molecule has 1 heterocycles. The van der Waals surface area contributed by atoms with Crippen LogP contribution < -0.4 is 5.46 Å². The predicted octanol–water partition coefficient (Wildman–Crippen LogP) is 3.44. The van der Waals surface area contributed by atoms with Crippen LogP contribution in [-0.4, -0.2) is 29.6 Å². The van der Waals surface area contributed by atoms with E-state index < -0.39 is 12.1 Å². The van der Waals surface area contributed by atoms with Crippen LogP contribution in [-0.2, 0) is 11.3 Å². The summed E-state index contributed by atoms with van der Waals surface area (Å²) in [7, 11) is 5.94. The summed E-state index contributed by atoms with van der Waals surface area (Å²) in [6.45, 7) is 3.98. The third-order valence-electron chi connectivity index (χ3n) is 4.18. The van der Waals surface area contributed by atoms with Crippen LogP contribution in [0.2, 0.25) is 0 Å². The molecule has 0 spiro atoms. The lowest BCUT2D eigenvalue weighted by Gasteiger charge is -2.14. The molecule has 2 aromatic carbocycles. The molecule has 0 bridgehead atoms. The van der Waals surface area contributed by atoms with Crippen molar-refractivity contribution in [2.24, 2.45) is 0 Å².